The van der Waals surface area contributed by atoms with Crippen molar-refractivity contribution in [3.05, 3.63) is 96.1 Å². The average molecular weight is 474 g/mol. The quantitative estimate of drug-likeness (QED) is 0.358. The van der Waals surface area contributed by atoms with Crippen LogP contribution in [0.3, 0.4) is 0 Å². The van der Waals surface area contributed by atoms with Gasteiger partial charge in [0.25, 0.3) is 0 Å². The highest BCUT2D eigenvalue weighted by Gasteiger charge is 2.24. The van der Waals surface area contributed by atoms with Gasteiger partial charge in [0.05, 0.1) is 5.92 Å². The van der Waals surface area contributed by atoms with E-state index in [0.29, 0.717) is 12.8 Å². The molecule has 0 heterocycles. The van der Waals surface area contributed by atoms with Crippen molar-refractivity contribution in [1.29, 1.82) is 0 Å². The lowest BCUT2D eigenvalue weighted by molar-refractivity contribution is -0.149. The molecule has 0 aliphatic heterocycles. The largest absolute Gasteiger partial charge is 0.461 e. The number of hydrogen-bond acceptors (Lipinski definition) is 4. The molecule has 35 heavy (non-hydrogen) atoms. The van der Waals surface area contributed by atoms with E-state index in [2.05, 4.69) is 41.7 Å². The lowest BCUT2D eigenvalue weighted by Crippen LogP contribution is -2.41. The van der Waals surface area contributed by atoms with Crippen LogP contribution in [0.15, 0.2) is 84.9 Å². The zero-order valence-corrected chi connectivity index (χ0v) is 21.0. The molecule has 0 unspecified atom stereocenters. The van der Waals surface area contributed by atoms with Crippen molar-refractivity contribution in [2.75, 3.05) is 0 Å². The highest BCUT2D eigenvalue weighted by Crippen LogP contribution is 2.21. The van der Waals surface area contributed by atoms with Gasteiger partial charge in [-0.3, -0.25) is 4.79 Å². The number of nitrogens with one attached hydrogen (secondary N) is 1. The Hall–Kier alpha value is -3.60. The Bertz CT molecular complexity index is 1070. The first-order chi connectivity index (χ1) is 16.7. The van der Waals surface area contributed by atoms with Gasteiger partial charge in [-0.1, -0.05) is 91.9 Å². The summed E-state index contributed by atoms with van der Waals surface area (Å²) in [7, 11) is 0. The topological polar surface area (TPSA) is 64.6 Å². The highest BCUT2D eigenvalue weighted by molar-refractivity contribution is 5.72. The van der Waals surface area contributed by atoms with Crippen LogP contribution in [0.1, 0.15) is 45.2 Å². The molecule has 3 rings (SSSR count). The summed E-state index contributed by atoms with van der Waals surface area (Å²) in [6.45, 7) is 7.54. The van der Waals surface area contributed by atoms with Crippen molar-refractivity contribution in [2.24, 2.45) is 5.92 Å². The van der Waals surface area contributed by atoms with Crippen LogP contribution in [0.25, 0.3) is 11.1 Å². The van der Waals surface area contributed by atoms with Gasteiger partial charge in [0.1, 0.15) is 12.2 Å². The first-order valence-corrected chi connectivity index (χ1v) is 12.0. The predicted molar refractivity (Wildman–Crippen MR) is 139 cm³/mol. The second-order valence-corrected chi connectivity index (χ2v) is 9.84. The van der Waals surface area contributed by atoms with Crippen LogP contribution >= 0.6 is 0 Å². The molecule has 0 aliphatic rings. The van der Waals surface area contributed by atoms with Gasteiger partial charge in [-0.25, -0.2) is 4.79 Å². The van der Waals surface area contributed by atoms with Gasteiger partial charge in [-0.2, -0.15) is 0 Å². The summed E-state index contributed by atoms with van der Waals surface area (Å²) >= 11 is 0. The Labute approximate surface area is 208 Å². The standard InChI is InChI=1S/C30H35NO4/c1-22(28(32)34-21-24-11-7-5-8-12-24)19-27(31-29(33)35-30(2,3)4)20-23-15-17-26(18-16-23)25-13-9-6-10-14-25/h5-18,22,27H,19-21H2,1-4H3,(H,31,33)/t22-,27+/m1/s1. The molecule has 184 valence electrons. The Morgan fingerprint density at radius 3 is 1.97 bits per heavy atom. The minimum Gasteiger partial charge on any atom is -0.461 e. The molecule has 5 nitrogen and oxygen atoms in total. The molecule has 5 heteroatoms. The molecule has 0 aliphatic carbocycles. The number of amides is 1. The van der Waals surface area contributed by atoms with E-state index in [1.807, 2.05) is 76.2 Å². The number of carbonyl (C=O) groups excluding carboxylic acids is 2. The third kappa shape index (κ3) is 8.93. The minimum absolute atomic E-state index is 0.231. The number of esters is 1. The Morgan fingerprint density at radius 1 is 0.800 bits per heavy atom. The van der Waals surface area contributed by atoms with E-state index < -0.39 is 11.7 Å². The number of rotatable bonds is 9. The second-order valence-electron chi connectivity index (χ2n) is 9.84. The monoisotopic (exact) mass is 473 g/mol. The van der Waals surface area contributed by atoms with Crippen molar-refractivity contribution >= 4 is 12.1 Å². The lowest BCUT2D eigenvalue weighted by atomic mass is 9.95. The van der Waals surface area contributed by atoms with Crippen LogP contribution in [-0.2, 0) is 27.3 Å². The van der Waals surface area contributed by atoms with E-state index in [4.69, 9.17) is 9.47 Å². The van der Waals surface area contributed by atoms with Crippen molar-refractivity contribution < 1.29 is 19.1 Å². The third-order valence-corrected chi connectivity index (χ3v) is 5.53. The van der Waals surface area contributed by atoms with E-state index in [-0.39, 0.29) is 24.5 Å². The van der Waals surface area contributed by atoms with Gasteiger partial charge in [-0.15, -0.1) is 0 Å². The van der Waals surface area contributed by atoms with Gasteiger partial charge in [0.15, 0.2) is 0 Å². The van der Waals surface area contributed by atoms with Crippen LogP contribution in [0.2, 0.25) is 0 Å². The summed E-state index contributed by atoms with van der Waals surface area (Å²) in [4.78, 5) is 25.2. The normalized spacial score (nSPS) is 12.9. The van der Waals surface area contributed by atoms with Gasteiger partial charge >= 0.3 is 12.1 Å². The summed E-state index contributed by atoms with van der Waals surface area (Å²) in [5.41, 5.74) is 3.68. The molecule has 0 saturated heterocycles. The maximum Gasteiger partial charge on any atom is 0.407 e. The predicted octanol–water partition coefficient (Wildman–Crippen LogP) is 6.56. The van der Waals surface area contributed by atoms with Crippen molar-refractivity contribution in [1.82, 2.24) is 5.32 Å². The summed E-state index contributed by atoms with van der Waals surface area (Å²) in [6.07, 6.45) is 0.519. The molecule has 2 atom stereocenters. The van der Waals surface area contributed by atoms with E-state index in [9.17, 15) is 9.59 Å². The zero-order chi connectivity index (χ0) is 25.3. The first kappa shape index (κ1) is 26.0. The van der Waals surface area contributed by atoms with Crippen LogP contribution in [0.5, 0.6) is 0 Å². The Morgan fingerprint density at radius 2 is 1.37 bits per heavy atom. The summed E-state index contributed by atoms with van der Waals surface area (Å²) < 4.78 is 11.0. The van der Waals surface area contributed by atoms with E-state index >= 15 is 0 Å². The molecule has 3 aromatic rings. The maximum atomic E-state index is 12.7. The fourth-order valence-electron chi connectivity index (χ4n) is 3.81. The van der Waals surface area contributed by atoms with E-state index in [1.165, 1.54) is 0 Å². The lowest BCUT2D eigenvalue weighted by Gasteiger charge is -2.25. The molecular formula is C30H35NO4. The van der Waals surface area contributed by atoms with Crippen LogP contribution < -0.4 is 5.32 Å². The van der Waals surface area contributed by atoms with Crippen LogP contribution in [0, 0.1) is 5.92 Å². The molecule has 0 fully saturated rings. The average Bonchev–Trinajstić information content (AvgIpc) is 2.83. The summed E-state index contributed by atoms with van der Waals surface area (Å²) in [5.74, 6) is -0.675. The van der Waals surface area contributed by atoms with E-state index in [1.54, 1.807) is 0 Å². The smallest absolute Gasteiger partial charge is 0.407 e. The molecule has 0 bridgehead atoms. The highest BCUT2D eigenvalue weighted by atomic mass is 16.6. The van der Waals surface area contributed by atoms with Crippen molar-refractivity contribution in [2.45, 2.75) is 58.8 Å². The Kier molecular flexibility index (Phi) is 9.07. The van der Waals surface area contributed by atoms with Crippen LogP contribution in [0.4, 0.5) is 4.79 Å². The van der Waals surface area contributed by atoms with Crippen molar-refractivity contribution in [3.63, 3.8) is 0 Å². The summed E-state index contributed by atoms with van der Waals surface area (Å²) in [6, 6.07) is 27.8. The molecule has 0 spiro atoms. The number of hydrogen-bond donors (Lipinski definition) is 1. The number of ether oxygens (including phenoxy) is 2. The molecule has 0 aromatic heterocycles. The Balaban J connectivity index is 1.65. The van der Waals surface area contributed by atoms with Crippen LogP contribution in [-0.4, -0.2) is 23.7 Å². The molecule has 1 amide bonds. The second kappa shape index (κ2) is 12.2. The third-order valence-electron chi connectivity index (χ3n) is 5.53. The number of alkyl carbamates (subject to hydrolysis) is 1. The van der Waals surface area contributed by atoms with Gasteiger partial charge in [-0.05, 0) is 55.9 Å². The maximum absolute atomic E-state index is 12.7. The molecule has 0 saturated carbocycles. The van der Waals surface area contributed by atoms with Crippen molar-refractivity contribution in [3.8, 4) is 11.1 Å². The van der Waals surface area contributed by atoms with Gasteiger partial charge in [0.2, 0.25) is 0 Å². The molecular weight excluding hydrogens is 438 g/mol. The molecule has 1 N–H and O–H groups in total. The van der Waals surface area contributed by atoms with Gasteiger partial charge in [0, 0.05) is 6.04 Å². The molecule has 3 aromatic carbocycles. The molecule has 0 radical (unpaired) electrons. The summed E-state index contributed by atoms with van der Waals surface area (Å²) in [5, 5.41) is 2.96. The SMILES string of the molecule is C[C@H](C[C@@H](Cc1ccc(-c2ccccc2)cc1)NC(=O)OC(C)(C)C)C(=O)OCc1ccccc1. The number of carbonyl (C=O) groups is 2. The van der Waals surface area contributed by atoms with E-state index in [0.717, 1.165) is 22.3 Å². The fraction of sp³-hybridized carbons (Fsp3) is 0.333. The first-order valence-electron chi connectivity index (χ1n) is 12.0. The van der Waals surface area contributed by atoms with Gasteiger partial charge < -0.3 is 14.8 Å². The fourth-order valence-corrected chi connectivity index (χ4v) is 3.81. The zero-order valence-electron chi connectivity index (χ0n) is 21.0. The minimum atomic E-state index is -0.605. The number of benzene rings is 3.